The number of carbonyl (C=O) groups is 1. The Morgan fingerprint density at radius 2 is 2.42 bits per heavy atom. The number of rotatable bonds is 3. The van der Waals surface area contributed by atoms with Crippen molar-refractivity contribution in [3.8, 4) is 0 Å². The zero-order chi connectivity index (χ0) is 9.14. The minimum atomic E-state index is -0.445. The number of thiazole rings is 1. The van der Waals surface area contributed by atoms with Gasteiger partial charge in [0.2, 0.25) is 5.91 Å². The summed E-state index contributed by atoms with van der Waals surface area (Å²) in [6.45, 7) is 4.12. The molecular weight excluding hydrogens is 172 g/mol. The number of hydrogen-bond donors (Lipinski definition) is 1. The fraction of sp³-hybridized carbons (Fsp3) is 0.375. The van der Waals surface area contributed by atoms with Crippen LogP contribution in [0.5, 0.6) is 0 Å². The van der Waals surface area contributed by atoms with Crippen LogP contribution in [-0.2, 0) is 4.79 Å². The summed E-state index contributed by atoms with van der Waals surface area (Å²) in [6.07, 6.45) is 1.34. The Kier molecular flexibility index (Phi) is 2.81. The van der Waals surface area contributed by atoms with Crippen molar-refractivity contribution in [1.29, 1.82) is 0 Å². The van der Waals surface area contributed by atoms with Crippen molar-refractivity contribution in [3.63, 3.8) is 0 Å². The first-order valence-electron chi connectivity index (χ1n) is 3.69. The fourth-order valence-corrected chi connectivity index (χ4v) is 1.66. The van der Waals surface area contributed by atoms with Crippen LogP contribution in [0, 0.1) is 6.42 Å². The summed E-state index contributed by atoms with van der Waals surface area (Å²) in [4.78, 5) is 14.7. The van der Waals surface area contributed by atoms with E-state index in [-0.39, 0.29) is 0 Å². The second-order valence-electron chi connectivity index (χ2n) is 2.81. The number of primary amides is 1. The van der Waals surface area contributed by atoms with Crippen LogP contribution in [0.2, 0.25) is 0 Å². The highest BCUT2D eigenvalue weighted by atomic mass is 32.1. The summed E-state index contributed by atoms with van der Waals surface area (Å²) in [6, 6.07) is 0. The first kappa shape index (κ1) is 9.19. The molecule has 1 radical (unpaired) electrons. The average Bonchev–Trinajstić information content (AvgIpc) is 2.34. The molecule has 2 N–H and O–H groups in total. The number of nitrogens with two attached hydrogens (primary N) is 1. The third-order valence-electron chi connectivity index (χ3n) is 1.40. The third kappa shape index (κ3) is 2.30. The lowest BCUT2D eigenvalue weighted by Crippen LogP contribution is -2.11. The normalized spacial score (nSPS) is 10.6. The van der Waals surface area contributed by atoms with Gasteiger partial charge in [-0.2, -0.15) is 0 Å². The van der Waals surface area contributed by atoms with E-state index in [1.165, 1.54) is 17.8 Å². The summed E-state index contributed by atoms with van der Waals surface area (Å²) in [5.74, 6) is -0.0454. The molecule has 0 bridgehead atoms. The molecule has 0 aliphatic heterocycles. The molecule has 65 valence electrons. The molecule has 0 fully saturated rings. The van der Waals surface area contributed by atoms with Gasteiger partial charge in [0.25, 0.3) is 0 Å². The predicted molar refractivity (Wildman–Crippen MR) is 48.8 cm³/mol. The Balaban J connectivity index is 2.70. The summed E-state index contributed by atoms with van der Waals surface area (Å²) < 4.78 is 0. The molecule has 1 aromatic heterocycles. The average molecular weight is 183 g/mol. The number of nitrogens with zero attached hydrogens (tertiary/aromatic N) is 1. The van der Waals surface area contributed by atoms with Gasteiger partial charge >= 0.3 is 0 Å². The first-order chi connectivity index (χ1) is 5.59. The van der Waals surface area contributed by atoms with Gasteiger partial charge in [-0.15, -0.1) is 11.3 Å². The smallest absolute Gasteiger partial charge is 0.228 e. The van der Waals surface area contributed by atoms with E-state index in [9.17, 15) is 4.79 Å². The Bertz CT molecular complexity index is 280. The van der Waals surface area contributed by atoms with Gasteiger partial charge in [-0.3, -0.25) is 4.79 Å². The van der Waals surface area contributed by atoms with Crippen LogP contribution in [0.15, 0.2) is 5.38 Å². The van der Waals surface area contributed by atoms with Crippen molar-refractivity contribution < 1.29 is 4.79 Å². The van der Waals surface area contributed by atoms with Gasteiger partial charge in [-0.05, 0) is 5.92 Å². The number of amides is 1. The van der Waals surface area contributed by atoms with Gasteiger partial charge in [-0.25, -0.2) is 4.98 Å². The lowest BCUT2D eigenvalue weighted by Gasteiger charge is -1.96. The topological polar surface area (TPSA) is 56.0 Å². The van der Waals surface area contributed by atoms with E-state index in [4.69, 9.17) is 5.73 Å². The fourth-order valence-electron chi connectivity index (χ4n) is 0.754. The molecular formula is C8H11N2OS. The largest absolute Gasteiger partial charge is 0.369 e. The SMILES string of the molecule is CC(C)c1csc([CH]C(N)=O)n1. The van der Waals surface area contributed by atoms with Gasteiger partial charge in [0, 0.05) is 5.38 Å². The van der Waals surface area contributed by atoms with E-state index in [2.05, 4.69) is 18.8 Å². The van der Waals surface area contributed by atoms with Gasteiger partial charge in [0.05, 0.1) is 5.69 Å². The zero-order valence-electron chi connectivity index (χ0n) is 7.07. The van der Waals surface area contributed by atoms with Crippen LogP contribution in [0.1, 0.15) is 30.5 Å². The van der Waals surface area contributed by atoms with Gasteiger partial charge in [0.15, 0.2) is 0 Å². The molecule has 12 heavy (non-hydrogen) atoms. The van der Waals surface area contributed by atoms with Crippen LogP contribution in [0.4, 0.5) is 0 Å². The minimum absolute atomic E-state index is 0.399. The van der Waals surface area contributed by atoms with Crippen LogP contribution in [0.25, 0.3) is 0 Å². The maximum absolute atomic E-state index is 10.5. The standard InChI is InChI=1S/C8H11N2OS/c1-5(2)6-4-12-8(10-6)3-7(9)11/h3-5H,1-2H3,(H2,9,11). The van der Waals surface area contributed by atoms with Crippen molar-refractivity contribution >= 4 is 17.2 Å². The molecule has 1 rings (SSSR count). The van der Waals surface area contributed by atoms with Crippen LogP contribution >= 0.6 is 11.3 Å². The highest BCUT2D eigenvalue weighted by Crippen LogP contribution is 2.18. The molecule has 1 amide bonds. The van der Waals surface area contributed by atoms with E-state index in [1.54, 1.807) is 0 Å². The van der Waals surface area contributed by atoms with E-state index in [0.29, 0.717) is 10.9 Å². The molecule has 0 aliphatic carbocycles. The monoisotopic (exact) mass is 183 g/mol. The summed E-state index contributed by atoms with van der Waals surface area (Å²) in [5, 5.41) is 2.63. The summed E-state index contributed by atoms with van der Waals surface area (Å²) in [7, 11) is 0. The molecule has 1 aromatic rings. The second kappa shape index (κ2) is 3.67. The lowest BCUT2D eigenvalue weighted by molar-refractivity contribution is -0.114. The highest BCUT2D eigenvalue weighted by Gasteiger charge is 2.07. The van der Waals surface area contributed by atoms with Gasteiger partial charge < -0.3 is 5.73 Å². The van der Waals surface area contributed by atoms with E-state index < -0.39 is 5.91 Å². The lowest BCUT2D eigenvalue weighted by atomic mass is 10.2. The van der Waals surface area contributed by atoms with Crippen molar-refractivity contribution in [1.82, 2.24) is 4.98 Å². The number of hydrogen-bond acceptors (Lipinski definition) is 3. The van der Waals surface area contributed by atoms with E-state index in [0.717, 1.165) is 5.69 Å². The number of carbonyl (C=O) groups excluding carboxylic acids is 1. The number of aromatic nitrogens is 1. The van der Waals surface area contributed by atoms with Crippen LogP contribution in [0.3, 0.4) is 0 Å². The second-order valence-corrected chi connectivity index (χ2v) is 3.70. The van der Waals surface area contributed by atoms with Gasteiger partial charge in [0.1, 0.15) is 11.4 Å². The van der Waals surface area contributed by atoms with Crippen LogP contribution < -0.4 is 5.73 Å². The molecule has 1 heterocycles. The minimum Gasteiger partial charge on any atom is -0.369 e. The van der Waals surface area contributed by atoms with Gasteiger partial charge in [-0.1, -0.05) is 13.8 Å². The maximum Gasteiger partial charge on any atom is 0.228 e. The van der Waals surface area contributed by atoms with Crippen molar-refractivity contribution in [2.45, 2.75) is 19.8 Å². The van der Waals surface area contributed by atoms with Crippen LogP contribution in [-0.4, -0.2) is 10.9 Å². The molecule has 0 aliphatic rings. The predicted octanol–water partition coefficient (Wildman–Crippen LogP) is 1.30. The molecule has 0 aromatic carbocycles. The quantitative estimate of drug-likeness (QED) is 0.768. The van der Waals surface area contributed by atoms with E-state index in [1.807, 2.05) is 5.38 Å². The molecule has 4 heteroatoms. The first-order valence-corrected chi connectivity index (χ1v) is 4.57. The Morgan fingerprint density at radius 1 is 1.75 bits per heavy atom. The maximum atomic E-state index is 10.5. The summed E-state index contributed by atoms with van der Waals surface area (Å²) in [5.41, 5.74) is 5.99. The molecule has 0 unspecified atom stereocenters. The Labute approximate surface area is 75.6 Å². The van der Waals surface area contributed by atoms with Crippen molar-refractivity contribution in [2.75, 3.05) is 0 Å². The molecule has 0 saturated carbocycles. The molecule has 0 saturated heterocycles. The molecule has 3 nitrogen and oxygen atoms in total. The van der Waals surface area contributed by atoms with Crippen molar-refractivity contribution in [3.05, 3.63) is 22.5 Å². The highest BCUT2D eigenvalue weighted by molar-refractivity contribution is 7.10. The Hall–Kier alpha value is -0.900. The Morgan fingerprint density at radius 3 is 2.83 bits per heavy atom. The molecule has 0 atom stereocenters. The molecule has 0 spiro atoms. The summed E-state index contributed by atoms with van der Waals surface area (Å²) >= 11 is 1.44. The third-order valence-corrected chi connectivity index (χ3v) is 2.21. The van der Waals surface area contributed by atoms with Crippen molar-refractivity contribution in [2.24, 2.45) is 5.73 Å². The van der Waals surface area contributed by atoms with E-state index >= 15 is 0 Å². The zero-order valence-corrected chi connectivity index (χ0v) is 7.89.